The monoisotopic (exact) mass is 385 g/mol. The summed E-state index contributed by atoms with van der Waals surface area (Å²) in [6.45, 7) is 2.07. The van der Waals surface area contributed by atoms with Gasteiger partial charge in [0.1, 0.15) is 6.04 Å². The van der Waals surface area contributed by atoms with Crippen molar-refractivity contribution >= 4 is 29.6 Å². The standard InChI is InChI=1S/C18H24ClNO6/c1-2-4-16(21)25-11-3-12-26-18(24)20-15(17(22)23)10-7-13-5-8-14(19)9-6-13/h5-6,8-9,15H,2-4,7,10-12H2,1H3,(H,20,24)(H,22,23). The molecule has 0 heterocycles. The lowest BCUT2D eigenvalue weighted by Gasteiger charge is -2.14. The van der Waals surface area contributed by atoms with E-state index in [1.165, 1.54) is 0 Å². The number of halogens is 1. The highest BCUT2D eigenvalue weighted by molar-refractivity contribution is 6.30. The Morgan fingerprint density at radius 1 is 1.15 bits per heavy atom. The van der Waals surface area contributed by atoms with E-state index in [-0.39, 0.29) is 25.6 Å². The van der Waals surface area contributed by atoms with Crippen LogP contribution in [0.3, 0.4) is 0 Å². The summed E-state index contributed by atoms with van der Waals surface area (Å²) in [6.07, 6.45) is 1.31. The lowest BCUT2D eigenvalue weighted by Crippen LogP contribution is -2.41. The number of hydrogen-bond donors (Lipinski definition) is 2. The van der Waals surface area contributed by atoms with E-state index in [9.17, 15) is 19.5 Å². The molecule has 0 fully saturated rings. The van der Waals surface area contributed by atoms with Gasteiger partial charge in [0.2, 0.25) is 0 Å². The topological polar surface area (TPSA) is 102 Å². The molecule has 0 aromatic heterocycles. The summed E-state index contributed by atoms with van der Waals surface area (Å²) in [6, 6.07) is 6.00. The van der Waals surface area contributed by atoms with Gasteiger partial charge < -0.3 is 19.9 Å². The van der Waals surface area contributed by atoms with Crippen molar-refractivity contribution < 1.29 is 29.0 Å². The third-order valence-corrected chi connectivity index (χ3v) is 3.72. The third kappa shape index (κ3) is 9.27. The molecule has 1 aromatic carbocycles. The number of carboxylic acid groups (broad SMARTS) is 1. The summed E-state index contributed by atoms with van der Waals surface area (Å²) in [4.78, 5) is 34.1. The van der Waals surface area contributed by atoms with Gasteiger partial charge in [-0.25, -0.2) is 9.59 Å². The van der Waals surface area contributed by atoms with E-state index >= 15 is 0 Å². The van der Waals surface area contributed by atoms with E-state index in [2.05, 4.69) is 5.32 Å². The number of amides is 1. The second-order valence-corrected chi connectivity index (χ2v) is 6.10. The molecule has 144 valence electrons. The van der Waals surface area contributed by atoms with Crippen molar-refractivity contribution in [2.24, 2.45) is 0 Å². The summed E-state index contributed by atoms with van der Waals surface area (Å²) < 4.78 is 9.84. The maximum absolute atomic E-state index is 11.7. The minimum Gasteiger partial charge on any atom is -0.480 e. The molecule has 0 spiro atoms. The number of carboxylic acids is 1. The molecule has 26 heavy (non-hydrogen) atoms. The summed E-state index contributed by atoms with van der Waals surface area (Å²) in [5.74, 6) is -1.42. The molecule has 2 N–H and O–H groups in total. The number of esters is 1. The third-order valence-electron chi connectivity index (χ3n) is 3.46. The van der Waals surface area contributed by atoms with Gasteiger partial charge >= 0.3 is 18.0 Å². The van der Waals surface area contributed by atoms with Gasteiger partial charge in [0.05, 0.1) is 13.2 Å². The predicted molar refractivity (Wildman–Crippen MR) is 96.2 cm³/mol. The van der Waals surface area contributed by atoms with Gasteiger partial charge in [0.15, 0.2) is 0 Å². The molecule has 0 bridgehead atoms. The number of rotatable bonds is 11. The van der Waals surface area contributed by atoms with Crippen LogP contribution in [0, 0.1) is 0 Å². The zero-order valence-electron chi connectivity index (χ0n) is 14.7. The highest BCUT2D eigenvalue weighted by Gasteiger charge is 2.20. The number of ether oxygens (including phenoxy) is 2. The van der Waals surface area contributed by atoms with Gasteiger partial charge in [-0.05, 0) is 37.0 Å². The average molecular weight is 386 g/mol. The Labute approximate surface area is 157 Å². The van der Waals surface area contributed by atoms with E-state index in [0.717, 1.165) is 5.56 Å². The SMILES string of the molecule is CCCC(=O)OCCCOC(=O)NC(CCc1ccc(Cl)cc1)C(=O)O. The van der Waals surface area contributed by atoms with Crippen molar-refractivity contribution in [2.45, 2.75) is 45.1 Å². The summed E-state index contributed by atoms with van der Waals surface area (Å²) in [7, 11) is 0. The highest BCUT2D eigenvalue weighted by atomic mass is 35.5. The Hall–Kier alpha value is -2.28. The number of aliphatic carboxylic acids is 1. The Morgan fingerprint density at radius 3 is 2.42 bits per heavy atom. The van der Waals surface area contributed by atoms with Crippen molar-refractivity contribution in [3.8, 4) is 0 Å². The van der Waals surface area contributed by atoms with Crippen LogP contribution in [-0.2, 0) is 25.5 Å². The van der Waals surface area contributed by atoms with Gasteiger partial charge in [-0.15, -0.1) is 0 Å². The van der Waals surface area contributed by atoms with E-state index in [1.807, 2.05) is 6.92 Å². The molecule has 0 radical (unpaired) electrons. The fraction of sp³-hybridized carbons (Fsp3) is 0.500. The molecule has 0 aliphatic heterocycles. The number of benzene rings is 1. The minimum absolute atomic E-state index is 0.0365. The van der Waals surface area contributed by atoms with Crippen molar-refractivity contribution in [2.75, 3.05) is 13.2 Å². The molecule has 0 saturated carbocycles. The first-order valence-corrected chi connectivity index (χ1v) is 8.86. The Kier molecular flexibility index (Phi) is 10.2. The van der Waals surface area contributed by atoms with Gasteiger partial charge in [-0.2, -0.15) is 0 Å². The zero-order chi connectivity index (χ0) is 19.4. The Bertz CT molecular complexity index is 590. The fourth-order valence-electron chi connectivity index (χ4n) is 2.09. The van der Waals surface area contributed by atoms with Gasteiger partial charge in [0, 0.05) is 17.9 Å². The number of alkyl carbamates (subject to hydrolysis) is 1. The first kappa shape index (κ1) is 21.8. The largest absolute Gasteiger partial charge is 0.480 e. The van der Waals surface area contributed by atoms with E-state index < -0.39 is 18.1 Å². The van der Waals surface area contributed by atoms with E-state index in [4.69, 9.17) is 21.1 Å². The van der Waals surface area contributed by atoms with Crippen LogP contribution in [0.25, 0.3) is 0 Å². The molecule has 0 aliphatic carbocycles. The molecular formula is C18H24ClNO6. The lowest BCUT2D eigenvalue weighted by atomic mass is 10.1. The van der Waals surface area contributed by atoms with E-state index in [0.29, 0.717) is 30.7 Å². The first-order chi connectivity index (χ1) is 12.4. The number of carbonyl (C=O) groups is 3. The van der Waals surface area contributed by atoms with Gasteiger partial charge in [0.25, 0.3) is 0 Å². The molecule has 1 amide bonds. The Balaban J connectivity index is 2.28. The van der Waals surface area contributed by atoms with Crippen molar-refractivity contribution in [1.82, 2.24) is 5.32 Å². The maximum atomic E-state index is 11.7. The quantitative estimate of drug-likeness (QED) is 0.448. The Morgan fingerprint density at radius 2 is 1.81 bits per heavy atom. The molecular weight excluding hydrogens is 362 g/mol. The summed E-state index contributed by atoms with van der Waals surface area (Å²) in [5.41, 5.74) is 0.921. The second-order valence-electron chi connectivity index (χ2n) is 5.66. The lowest BCUT2D eigenvalue weighted by molar-refractivity contribution is -0.144. The van der Waals surface area contributed by atoms with Gasteiger partial charge in [-0.3, -0.25) is 4.79 Å². The van der Waals surface area contributed by atoms with Crippen molar-refractivity contribution in [1.29, 1.82) is 0 Å². The average Bonchev–Trinajstić information content (AvgIpc) is 2.59. The van der Waals surface area contributed by atoms with Crippen molar-refractivity contribution in [3.05, 3.63) is 34.9 Å². The molecule has 1 rings (SSSR count). The number of nitrogens with one attached hydrogen (secondary N) is 1. The van der Waals surface area contributed by atoms with Crippen LogP contribution >= 0.6 is 11.6 Å². The first-order valence-electron chi connectivity index (χ1n) is 8.48. The fourth-order valence-corrected chi connectivity index (χ4v) is 2.22. The van der Waals surface area contributed by atoms with Gasteiger partial charge in [-0.1, -0.05) is 30.7 Å². The summed E-state index contributed by atoms with van der Waals surface area (Å²) in [5, 5.41) is 12.1. The minimum atomic E-state index is -1.13. The van der Waals surface area contributed by atoms with Crippen LogP contribution < -0.4 is 5.32 Å². The highest BCUT2D eigenvalue weighted by Crippen LogP contribution is 2.12. The molecule has 0 saturated heterocycles. The second kappa shape index (κ2) is 12.1. The number of aryl methyl sites for hydroxylation is 1. The molecule has 1 aromatic rings. The molecule has 8 heteroatoms. The number of hydrogen-bond acceptors (Lipinski definition) is 5. The molecule has 1 unspecified atom stereocenters. The van der Waals surface area contributed by atoms with E-state index in [1.54, 1.807) is 24.3 Å². The maximum Gasteiger partial charge on any atom is 0.407 e. The van der Waals surface area contributed by atoms with Crippen LogP contribution in [0.15, 0.2) is 24.3 Å². The van der Waals surface area contributed by atoms with Crippen LogP contribution in [-0.4, -0.2) is 42.4 Å². The van der Waals surface area contributed by atoms with Crippen molar-refractivity contribution in [3.63, 3.8) is 0 Å². The summed E-state index contributed by atoms with van der Waals surface area (Å²) >= 11 is 5.80. The molecule has 7 nitrogen and oxygen atoms in total. The zero-order valence-corrected chi connectivity index (χ0v) is 15.5. The van der Waals surface area contributed by atoms with Crippen LogP contribution in [0.4, 0.5) is 4.79 Å². The molecule has 1 atom stereocenters. The number of carbonyl (C=O) groups excluding carboxylic acids is 2. The van der Waals surface area contributed by atoms with Crippen LogP contribution in [0.1, 0.15) is 38.2 Å². The van der Waals surface area contributed by atoms with Crippen LogP contribution in [0.5, 0.6) is 0 Å². The predicted octanol–water partition coefficient (Wildman–Crippen LogP) is 3.19. The molecule has 0 aliphatic rings. The smallest absolute Gasteiger partial charge is 0.407 e. The van der Waals surface area contributed by atoms with Crippen LogP contribution in [0.2, 0.25) is 5.02 Å². The normalized spacial score (nSPS) is 11.5.